The first-order chi connectivity index (χ1) is 11.8. The van der Waals surface area contributed by atoms with Gasteiger partial charge in [-0.2, -0.15) is 0 Å². The highest BCUT2D eigenvalue weighted by molar-refractivity contribution is 5.99. The van der Waals surface area contributed by atoms with Crippen molar-refractivity contribution in [3.05, 3.63) is 0 Å². The predicted octanol–water partition coefficient (Wildman–Crippen LogP) is 0.690. The highest BCUT2D eigenvalue weighted by Gasteiger charge is 2.34. The summed E-state index contributed by atoms with van der Waals surface area (Å²) in [5.74, 6) is -0.0859. The van der Waals surface area contributed by atoms with E-state index in [1.807, 2.05) is 0 Å². The molecule has 7 heteroatoms. The average molecular weight is 354 g/mol. The van der Waals surface area contributed by atoms with Crippen molar-refractivity contribution in [2.45, 2.75) is 77.9 Å². The van der Waals surface area contributed by atoms with Gasteiger partial charge in [-0.15, -0.1) is 0 Å². The van der Waals surface area contributed by atoms with Crippen molar-refractivity contribution in [2.75, 3.05) is 13.1 Å². The van der Waals surface area contributed by atoms with E-state index in [4.69, 9.17) is 0 Å². The third-order valence-electron chi connectivity index (χ3n) is 4.16. The van der Waals surface area contributed by atoms with Crippen LogP contribution < -0.4 is 21.3 Å². The van der Waals surface area contributed by atoms with Crippen LogP contribution >= 0.6 is 0 Å². The molecule has 1 rings (SSSR count). The van der Waals surface area contributed by atoms with Crippen molar-refractivity contribution < 1.29 is 14.4 Å². The lowest BCUT2D eigenvalue weighted by molar-refractivity contribution is -0.138. The highest BCUT2D eigenvalue weighted by Crippen LogP contribution is 2.07. The first kappa shape index (κ1) is 21.4. The minimum absolute atomic E-state index is 0.0130. The molecule has 25 heavy (non-hydrogen) atoms. The van der Waals surface area contributed by atoms with Crippen LogP contribution in [0.4, 0.5) is 0 Å². The second-order valence-electron chi connectivity index (χ2n) is 7.46. The van der Waals surface area contributed by atoms with Gasteiger partial charge in [0.15, 0.2) is 0 Å². The third kappa shape index (κ3) is 8.86. The molecular formula is C18H34N4O3. The molecule has 1 saturated heterocycles. The molecule has 0 aliphatic carbocycles. The Labute approximate surface area is 151 Å². The van der Waals surface area contributed by atoms with Crippen LogP contribution in [0, 0.1) is 5.92 Å². The summed E-state index contributed by atoms with van der Waals surface area (Å²) in [6, 6.07) is -0.882. The lowest BCUT2D eigenvalue weighted by Crippen LogP contribution is -2.62. The van der Waals surface area contributed by atoms with Gasteiger partial charge in [-0.05, 0) is 38.1 Å². The van der Waals surface area contributed by atoms with Crippen LogP contribution in [0.15, 0.2) is 0 Å². The van der Waals surface area contributed by atoms with Crippen LogP contribution in [0.1, 0.15) is 59.8 Å². The zero-order valence-electron chi connectivity index (χ0n) is 16.0. The van der Waals surface area contributed by atoms with Gasteiger partial charge in [0, 0.05) is 12.6 Å². The molecule has 0 aromatic carbocycles. The molecule has 1 fully saturated rings. The fourth-order valence-electron chi connectivity index (χ4n) is 2.72. The van der Waals surface area contributed by atoms with Crippen molar-refractivity contribution >= 4 is 17.7 Å². The maximum Gasteiger partial charge on any atom is 0.243 e. The SMILES string of the molecule is CC(C)CCCNC(=O)CC1NC(=O)[C@@H](CCCNC(C)C)NC1=O. The Bertz CT molecular complexity index is 452. The summed E-state index contributed by atoms with van der Waals surface area (Å²) in [5.41, 5.74) is 0. The molecular weight excluding hydrogens is 320 g/mol. The number of nitrogens with one attached hydrogen (secondary N) is 4. The van der Waals surface area contributed by atoms with Crippen molar-refractivity contribution in [3.8, 4) is 0 Å². The lowest BCUT2D eigenvalue weighted by atomic mass is 10.0. The van der Waals surface area contributed by atoms with E-state index in [2.05, 4.69) is 49.0 Å². The maximum atomic E-state index is 12.1. The fraction of sp³-hybridized carbons (Fsp3) is 0.833. The Kier molecular flexibility index (Phi) is 9.49. The van der Waals surface area contributed by atoms with Gasteiger partial charge in [0.1, 0.15) is 12.1 Å². The maximum absolute atomic E-state index is 12.1. The first-order valence-corrected chi connectivity index (χ1v) is 9.40. The van der Waals surface area contributed by atoms with E-state index in [1.165, 1.54) is 0 Å². The number of carbonyl (C=O) groups is 3. The van der Waals surface area contributed by atoms with E-state index in [0.717, 1.165) is 25.8 Å². The van der Waals surface area contributed by atoms with E-state index < -0.39 is 12.1 Å². The van der Waals surface area contributed by atoms with Gasteiger partial charge in [0.25, 0.3) is 0 Å². The molecule has 1 heterocycles. The topological polar surface area (TPSA) is 99.3 Å². The van der Waals surface area contributed by atoms with Crippen molar-refractivity contribution in [1.29, 1.82) is 0 Å². The molecule has 0 spiro atoms. The predicted molar refractivity (Wildman–Crippen MR) is 97.9 cm³/mol. The highest BCUT2D eigenvalue weighted by atomic mass is 16.2. The number of amides is 3. The summed E-state index contributed by atoms with van der Waals surface area (Å²) in [6.45, 7) is 9.81. The van der Waals surface area contributed by atoms with Gasteiger partial charge in [-0.3, -0.25) is 14.4 Å². The average Bonchev–Trinajstić information content (AvgIpc) is 2.52. The smallest absolute Gasteiger partial charge is 0.243 e. The monoisotopic (exact) mass is 354 g/mol. The van der Waals surface area contributed by atoms with Gasteiger partial charge in [-0.1, -0.05) is 27.7 Å². The molecule has 144 valence electrons. The largest absolute Gasteiger partial charge is 0.356 e. The van der Waals surface area contributed by atoms with E-state index in [-0.39, 0.29) is 24.1 Å². The second-order valence-corrected chi connectivity index (χ2v) is 7.46. The van der Waals surface area contributed by atoms with Crippen LogP contribution in [0.2, 0.25) is 0 Å². The molecule has 4 N–H and O–H groups in total. The van der Waals surface area contributed by atoms with Gasteiger partial charge in [0.05, 0.1) is 6.42 Å². The van der Waals surface area contributed by atoms with E-state index in [0.29, 0.717) is 24.9 Å². The summed E-state index contributed by atoms with van der Waals surface area (Å²) in [7, 11) is 0. The van der Waals surface area contributed by atoms with Gasteiger partial charge >= 0.3 is 0 Å². The lowest BCUT2D eigenvalue weighted by Gasteiger charge is -2.29. The fourth-order valence-corrected chi connectivity index (χ4v) is 2.72. The Morgan fingerprint density at radius 2 is 1.64 bits per heavy atom. The third-order valence-corrected chi connectivity index (χ3v) is 4.16. The van der Waals surface area contributed by atoms with Crippen molar-refractivity contribution in [2.24, 2.45) is 5.92 Å². The Morgan fingerprint density at radius 3 is 2.28 bits per heavy atom. The summed E-state index contributed by atoms with van der Waals surface area (Å²) in [4.78, 5) is 36.2. The summed E-state index contributed by atoms with van der Waals surface area (Å²) < 4.78 is 0. The molecule has 0 bridgehead atoms. The van der Waals surface area contributed by atoms with E-state index in [1.54, 1.807) is 0 Å². The molecule has 1 aliphatic heterocycles. The summed E-state index contributed by atoms with van der Waals surface area (Å²) in [6.07, 6.45) is 3.34. The van der Waals surface area contributed by atoms with E-state index >= 15 is 0 Å². The van der Waals surface area contributed by atoms with E-state index in [9.17, 15) is 14.4 Å². The van der Waals surface area contributed by atoms with Crippen LogP contribution in [0.3, 0.4) is 0 Å². The second kappa shape index (κ2) is 11.1. The molecule has 1 unspecified atom stereocenters. The molecule has 7 nitrogen and oxygen atoms in total. The van der Waals surface area contributed by atoms with Gasteiger partial charge < -0.3 is 21.3 Å². The first-order valence-electron chi connectivity index (χ1n) is 9.40. The van der Waals surface area contributed by atoms with Gasteiger partial charge in [0.2, 0.25) is 17.7 Å². The molecule has 1 aliphatic rings. The van der Waals surface area contributed by atoms with Crippen LogP contribution in [-0.2, 0) is 14.4 Å². The molecule has 3 amide bonds. The van der Waals surface area contributed by atoms with Crippen LogP contribution in [0.25, 0.3) is 0 Å². The zero-order valence-corrected chi connectivity index (χ0v) is 16.0. The van der Waals surface area contributed by atoms with Crippen molar-refractivity contribution in [3.63, 3.8) is 0 Å². The van der Waals surface area contributed by atoms with Crippen molar-refractivity contribution in [1.82, 2.24) is 21.3 Å². The number of hydrogen-bond donors (Lipinski definition) is 4. The Balaban J connectivity index is 2.29. The minimum Gasteiger partial charge on any atom is -0.356 e. The Hall–Kier alpha value is -1.63. The van der Waals surface area contributed by atoms with Crippen LogP contribution in [0.5, 0.6) is 0 Å². The molecule has 0 radical (unpaired) electrons. The quantitative estimate of drug-likeness (QED) is 0.410. The number of carbonyl (C=O) groups excluding carboxylic acids is 3. The summed E-state index contributed by atoms with van der Waals surface area (Å²) in [5, 5.41) is 11.5. The standard InChI is InChI=1S/C18H34N4O3/c1-12(2)7-5-10-20-16(23)11-15-18(25)21-14(17(24)22-15)8-6-9-19-13(3)4/h12-15,19H,5-11H2,1-4H3,(H,20,23)(H,21,25)(H,22,24)/t14-,15?/m1/s1. The number of rotatable bonds is 11. The number of piperazine rings is 1. The summed E-state index contributed by atoms with van der Waals surface area (Å²) >= 11 is 0. The molecule has 0 aromatic rings. The number of hydrogen-bond acceptors (Lipinski definition) is 4. The normalized spacial score (nSPS) is 20.6. The molecule has 2 atom stereocenters. The van der Waals surface area contributed by atoms with Gasteiger partial charge in [-0.25, -0.2) is 0 Å². The Morgan fingerprint density at radius 1 is 1.00 bits per heavy atom. The molecule has 0 saturated carbocycles. The minimum atomic E-state index is -0.775. The van der Waals surface area contributed by atoms with Crippen LogP contribution in [-0.4, -0.2) is 48.9 Å². The molecule has 0 aromatic heterocycles. The zero-order chi connectivity index (χ0) is 18.8.